The minimum absolute atomic E-state index is 0.0390. The zero-order valence-electron chi connectivity index (χ0n) is 16.0. The Morgan fingerprint density at radius 2 is 1.90 bits per heavy atom. The molecule has 1 fully saturated rings. The van der Waals surface area contributed by atoms with E-state index in [0.29, 0.717) is 24.5 Å². The summed E-state index contributed by atoms with van der Waals surface area (Å²) in [6, 6.07) is 9.88. The van der Waals surface area contributed by atoms with Crippen LogP contribution in [-0.2, 0) is 0 Å². The molecule has 150 valence electrons. The van der Waals surface area contributed by atoms with Gasteiger partial charge in [0.2, 0.25) is 0 Å². The minimum Gasteiger partial charge on any atom is -0.488 e. The summed E-state index contributed by atoms with van der Waals surface area (Å²) < 4.78 is 5.84. The molecule has 2 aromatic rings. The predicted octanol–water partition coefficient (Wildman–Crippen LogP) is 1.51. The van der Waals surface area contributed by atoms with Gasteiger partial charge >= 0.3 is 0 Å². The predicted molar refractivity (Wildman–Crippen MR) is 109 cm³/mol. The number of pyridine rings is 1. The van der Waals surface area contributed by atoms with Gasteiger partial charge in [-0.25, -0.2) is 10.5 Å². The molecule has 9 nitrogen and oxygen atoms in total. The molecule has 0 bridgehead atoms. The average Bonchev–Trinajstić information content (AvgIpc) is 3.33. The van der Waals surface area contributed by atoms with Gasteiger partial charge in [0.25, 0.3) is 5.91 Å². The maximum absolute atomic E-state index is 12.8. The standard InChI is InChI=1S/C20H23N7O2/c28-20(26-8-2-1-3-9-26)15-12-17-19(21-13-15)27(10-11-29-17)16-6-4-14(5-7-16)18-22-24-25-23-18/h4-7,12-13,24-25H,1-3,8-11H2,(H,22,23). The number of carbonyl (C=O) groups is 1. The van der Waals surface area contributed by atoms with Crippen LogP contribution in [0.4, 0.5) is 11.5 Å². The molecule has 3 aliphatic rings. The number of fused-ring (bicyclic) bond motifs is 1. The number of amides is 1. The first-order valence-electron chi connectivity index (χ1n) is 9.93. The average molecular weight is 393 g/mol. The lowest BCUT2D eigenvalue weighted by atomic mass is 10.1. The van der Waals surface area contributed by atoms with Gasteiger partial charge in [0, 0.05) is 30.5 Å². The van der Waals surface area contributed by atoms with Gasteiger partial charge in [-0.1, -0.05) is 0 Å². The molecular weight excluding hydrogens is 370 g/mol. The number of ether oxygens (including phenoxy) is 1. The number of hydrazone groups is 1. The number of piperidine rings is 1. The summed E-state index contributed by atoms with van der Waals surface area (Å²) in [5, 5.41) is 4.11. The molecule has 9 heteroatoms. The minimum atomic E-state index is 0.0390. The Balaban J connectivity index is 1.38. The van der Waals surface area contributed by atoms with E-state index in [2.05, 4.69) is 31.5 Å². The van der Waals surface area contributed by atoms with Crippen molar-refractivity contribution in [3.63, 3.8) is 0 Å². The van der Waals surface area contributed by atoms with Crippen LogP contribution < -0.4 is 26.1 Å². The van der Waals surface area contributed by atoms with Crippen molar-refractivity contribution in [3.05, 3.63) is 47.7 Å². The summed E-state index contributed by atoms with van der Waals surface area (Å²) in [6.07, 6.45) is 5.00. The maximum atomic E-state index is 12.8. The second-order valence-electron chi connectivity index (χ2n) is 7.27. The van der Waals surface area contributed by atoms with Crippen LogP contribution in [0.15, 0.2) is 41.6 Å². The second kappa shape index (κ2) is 7.59. The SMILES string of the molecule is O=C(c1cnc2c(c1)OCCN2c1ccc(C2=NNNN2)cc1)N1CCCCC1. The van der Waals surface area contributed by atoms with E-state index in [-0.39, 0.29) is 5.91 Å². The molecule has 0 aliphatic carbocycles. The third kappa shape index (κ3) is 3.44. The lowest BCUT2D eigenvalue weighted by Crippen LogP contribution is -2.36. The number of aromatic nitrogens is 1. The van der Waals surface area contributed by atoms with E-state index in [1.807, 2.05) is 35.2 Å². The molecule has 29 heavy (non-hydrogen) atoms. The summed E-state index contributed by atoms with van der Waals surface area (Å²) in [4.78, 5) is 21.4. The Morgan fingerprint density at radius 1 is 1.07 bits per heavy atom. The largest absolute Gasteiger partial charge is 0.488 e. The number of nitrogens with one attached hydrogen (secondary N) is 3. The van der Waals surface area contributed by atoms with E-state index in [9.17, 15) is 4.79 Å². The Labute approximate surface area is 168 Å². The molecule has 0 unspecified atom stereocenters. The molecule has 3 aliphatic heterocycles. The monoisotopic (exact) mass is 393 g/mol. The highest BCUT2D eigenvalue weighted by atomic mass is 16.5. The topological polar surface area (TPSA) is 94.1 Å². The van der Waals surface area contributed by atoms with Crippen molar-refractivity contribution in [2.45, 2.75) is 19.3 Å². The molecule has 5 rings (SSSR count). The fourth-order valence-electron chi connectivity index (χ4n) is 3.88. The van der Waals surface area contributed by atoms with Gasteiger partial charge in [-0.15, -0.1) is 10.6 Å². The summed E-state index contributed by atoms with van der Waals surface area (Å²) in [7, 11) is 0. The maximum Gasteiger partial charge on any atom is 0.255 e. The van der Waals surface area contributed by atoms with E-state index >= 15 is 0 Å². The molecule has 1 aromatic heterocycles. The molecule has 1 saturated heterocycles. The zero-order chi connectivity index (χ0) is 19.6. The zero-order valence-corrected chi connectivity index (χ0v) is 16.0. The summed E-state index contributed by atoms with van der Waals surface area (Å²) in [5.41, 5.74) is 10.9. The highest BCUT2D eigenvalue weighted by Gasteiger charge is 2.25. The van der Waals surface area contributed by atoms with Gasteiger partial charge in [-0.3, -0.25) is 10.2 Å². The molecule has 4 heterocycles. The number of carbonyl (C=O) groups excluding carboxylic acids is 1. The van der Waals surface area contributed by atoms with Crippen LogP contribution in [0.25, 0.3) is 0 Å². The van der Waals surface area contributed by atoms with Crippen molar-refractivity contribution in [3.8, 4) is 5.75 Å². The summed E-state index contributed by atoms with van der Waals surface area (Å²) in [5.74, 6) is 2.16. The van der Waals surface area contributed by atoms with Crippen molar-refractivity contribution >= 4 is 23.2 Å². The molecule has 0 spiro atoms. The fraction of sp³-hybridized carbons (Fsp3) is 0.350. The van der Waals surface area contributed by atoms with Crippen molar-refractivity contribution in [1.82, 2.24) is 26.4 Å². The highest BCUT2D eigenvalue weighted by molar-refractivity contribution is 5.99. The lowest BCUT2D eigenvalue weighted by molar-refractivity contribution is 0.0723. The second-order valence-corrected chi connectivity index (χ2v) is 7.27. The molecular formula is C20H23N7O2. The Hall–Kier alpha value is -3.33. The Morgan fingerprint density at radius 3 is 2.66 bits per heavy atom. The number of rotatable bonds is 3. The number of hydrogen-bond donors (Lipinski definition) is 3. The van der Waals surface area contributed by atoms with Crippen molar-refractivity contribution in [1.29, 1.82) is 0 Å². The number of hydrazine groups is 2. The first kappa shape index (κ1) is 17.7. The van der Waals surface area contributed by atoms with Gasteiger partial charge in [0.05, 0.1) is 12.1 Å². The first-order valence-corrected chi connectivity index (χ1v) is 9.93. The van der Waals surface area contributed by atoms with E-state index in [0.717, 1.165) is 48.8 Å². The van der Waals surface area contributed by atoms with Gasteiger partial charge in [-0.05, 0) is 49.6 Å². The number of likely N-dealkylation sites (tertiary alicyclic amines) is 1. The number of hydrogen-bond acceptors (Lipinski definition) is 8. The molecule has 0 atom stereocenters. The lowest BCUT2D eigenvalue weighted by Gasteiger charge is -2.31. The van der Waals surface area contributed by atoms with Crippen LogP contribution in [0.2, 0.25) is 0 Å². The van der Waals surface area contributed by atoms with Crippen molar-refractivity contribution in [2.75, 3.05) is 31.1 Å². The molecule has 0 saturated carbocycles. The van der Waals surface area contributed by atoms with E-state index in [4.69, 9.17) is 4.74 Å². The first-order chi connectivity index (χ1) is 14.3. The number of benzene rings is 1. The molecule has 3 N–H and O–H groups in total. The van der Waals surface area contributed by atoms with E-state index in [1.165, 1.54) is 6.42 Å². The van der Waals surface area contributed by atoms with Crippen LogP contribution in [0.1, 0.15) is 35.2 Å². The van der Waals surface area contributed by atoms with Crippen LogP contribution in [0.3, 0.4) is 0 Å². The van der Waals surface area contributed by atoms with Gasteiger partial charge in [-0.2, -0.15) is 0 Å². The third-order valence-corrected chi connectivity index (χ3v) is 5.41. The Kier molecular flexibility index (Phi) is 4.65. The fourth-order valence-corrected chi connectivity index (χ4v) is 3.88. The normalized spacial score (nSPS) is 18.3. The van der Waals surface area contributed by atoms with Crippen LogP contribution in [0, 0.1) is 0 Å². The highest BCUT2D eigenvalue weighted by Crippen LogP contribution is 2.35. The van der Waals surface area contributed by atoms with Gasteiger partial charge in [0.1, 0.15) is 6.61 Å². The number of anilines is 2. The summed E-state index contributed by atoms with van der Waals surface area (Å²) in [6.45, 7) is 2.88. The smallest absolute Gasteiger partial charge is 0.255 e. The Bertz CT molecular complexity index is 938. The van der Waals surface area contributed by atoms with Crippen LogP contribution >= 0.6 is 0 Å². The quantitative estimate of drug-likeness (QED) is 0.728. The van der Waals surface area contributed by atoms with Gasteiger partial charge in [0.15, 0.2) is 17.4 Å². The molecule has 0 radical (unpaired) electrons. The molecule has 1 amide bonds. The van der Waals surface area contributed by atoms with Crippen molar-refractivity contribution < 1.29 is 9.53 Å². The summed E-state index contributed by atoms with van der Waals surface area (Å²) >= 11 is 0. The van der Waals surface area contributed by atoms with Crippen LogP contribution in [-0.4, -0.2) is 47.9 Å². The third-order valence-electron chi connectivity index (χ3n) is 5.41. The van der Waals surface area contributed by atoms with Gasteiger partial charge < -0.3 is 14.5 Å². The van der Waals surface area contributed by atoms with Crippen LogP contribution in [0.5, 0.6) is 5.75 Å². The van der Waals surface area contributed by atoms with Crippen molar-refractivity contribution in [2.24, 2.45) is 5.10 Å². The van der Waals surface area contributed by atoms with E-state index in [1.54, 1.807) is 6.20 Å². The van der Waals surface area contributed by atoms with E-state index < -0.39 is 0 Å². The molecule has 1 aromatic carbocycles. The number of nitrogens with zero attached hydrogens (tertiary/aromatic N) is 4. The number of amidine groups is 1.